The smallest absolute Gasteiger partial charge is 0.248 e. The molecule has 0 bridgehead atoms. The summed E-state index contributed by atoms with van der Waals surface area (Å²) in [6.45, 7) is 0. The molecule has 0 saturated carbocycles. The molecule has 1 amide bonds. The van der Waals surface area contributed by atoms with Crippen LogP contribution in [0.4, 0.5) is 5.69 Å². The van der Waals surface area contributed by atoms with Crippen molar-refractivity contribution in [2.75, 3.05) is 4.90 Å². The van der Waals surface area contributed by atoms with Gasteiger partial charge in [0.2, 0.25) is 5.91 Å². The van der Waals surface area contributed by atoms with Gasteiger partial charge in [-0.3, -0.25) is 9.59 Å². The van der Waals surface area contributed by atoms with Crippen LogP contribution in [0.3, 0.4) is 0 Å². The Kier molecular flexibility index (Phi) is 4.61. The highest BCUT2D eigenvalue weighted by Gasteiger charge is 2.47. The van der Waals surface area contributed by atoms with E-state index < -0.39 is 5.38 Å². The summed E-state index contributed by atoms with van der Waals surface area (Å²) in [6, 6.07) is 23.0. The fraction of sp³-hybridized carbons (Fsp3) is 0.0833. The summed E-state index contributed by atoms with van der Waals surface area (Å²) in [5.41, 5.74) is 2.84. The molecule has 5 rings (SSSR count). The highest BCUT2D eigenvalue weighted by atomic mass is 35.5. The summed E-state index contributed by atoms with van der Waals surface area (Å²) in [5.74, 6) is 0.325. The van der Waals surface area contributed by atoms with Crippen molar-refractivity contribution in [3.63, 3.8) is 0 Å². The molecule has 0 spiro atoms. The van der Waals surface area contributed by atoms with Crippen molar-refractivity contribution in [3.8, 4) is 11.3 Å². The first-order valence-electron chi connectivity index (χ1n) is 9.39. The lowest BCUT2D eigenvalue weighted by Gasteiger charge is -2.44. The van der Waals surface area contributed by atoms with Gasteiger partial charge in [0.1, 0.15) is 16.7 Å². The molecule has 1 fully saturated rings. The lowest BCUT2D eigenvalue weighted by molar-refractivity contribution is -0.123. The molecule has 4 nitrogen and oxygen atoms in total. The number of fused-ring (bicyclic) bond motifs is 1. The number of carbonyl (C=O) groups is 1. The third-order valence-electron chi connectivity index (χ3n) is 5.30. The summed E-state index contributed by atoms with van der Waals surface area (Å²) in [7, 11) is 0. The van der Waals surface area contributed by atoms with Crippen LogP contribution in [0.15, 0.2) is 88.1 Å². The molecule has 0 aliphatic carbocycles. The van der Waals surface area contributed by atoms with E-state index in [4.69, 9.17) is 27.6 Å². The first-order valence-corrected chi connectivity index (χ1v) is 10.2. The average Bonchev–Trinajstić information content (AvgIpc) is 2.78. The SMILES string of the molecule is O=C1C(Cl)C(c2ccc(Cl)cc2)N1c1ccc(-c2cc(=O)c3ccccc3o2)cc1. The van der Waals surface area contributed by atoms with Gasteiger partial charge in [-0.1, -0.05) is 35.9 Å². The predicted molar refractivity (Wildman–Crippen MR) is 119 cm³/mol. The summed E-state index contributed by atoms with van der Waals surface area (Å²) < 4.78 is 5.89. The van der Waals surface area contributed by atoms with Gasteiger partial charge in [-0.15, -0.1) is 11.6 Å². The summed E-state index contributed by atoms with van der Waals surface area (Å²) in [5, 5.41) is 0.552. The maximum absolute atomic E-state index is 12.5. The van der Waals surface area contributed by atoms with Gasteiger partial charge in [-0.2, -0.15) is 0 Å². The molecule has 0 radical (unpaired) electrons. The number of nitrogens with zero attached hydrogens (tertiary/aromatic N) is 1. The molecule has 6 heteroatoms. The Bertz CT molecular complexity index is 1310. The number of halogens is 2. The monoisotopic (exact) mass is 435 g/mol. The average molecular weight is 436 g/mol. The Balaban J connectivity index is 1.48. The molecule has 2 atom stereocenters. The zero-order chi connectivity index (χ0) is 20.8. The minimum atomic E-state index is -0.621. The van der Waals surface area contributed by atoms with E-state index in [1.54, 1.807) is 35.2 Å². The Hall–Kier alpha value is -3.08. The van der Waals surface area contributed by atoms with E-state index in [9.17, 15) is 9.59 Å². The van der Waals surface area contributed by atoms with E-state index >= 15 is 0 Å². The number of carbonyl (C=O) groups excluding carboxylic acids is 1. The van der Waals surface area contributed by atoms with Gasteiger partial charge in [0, 0.05) is 22.3 Å². The van der Waals surface area contributed by atoms with Gasteiger partial charge in [-0.25, -0.2) is 0 Å². The van der Waals surface area contributed by atoms with Crippen molar-refractivity contribution in [2.24, 2.45) is 0 Å². The molecule has 1 aromatic heterocycles. The number of alkyl halides is 1. The van der Waals surface area contributed by atoms with Gasteiger partial charge < -0.3 is 9.32 Å². The largest absolute Gasteiger partial charge is 0.456 e. The van der Waals surface area contributed by atoms with Gasteiger partial charge >= 0.3 is 0 Å². The van der Waals surface area contributed by atoms with Crippen molar-refractivity contribution < 1.29 is 9.21 Å². The molecule has 2 unspecified atom stereocenters. The standard InChI is InChI=1S/C24H15Cl2NO3/c25-16-9-5-15(6-10-16)23-22(26)24(29)27(23)17-11-7-14(8-12-17)21-13-19(28)18-3-1-2-4-20(18)30-21/h1-13,22-23H. The van der Waals surface area contributed by atoms with Crippen LogP contribution < -0.4 is 10.3 Å². The number of hydrogen-bond donors (Lipinski definition) is 0. The molecule has 30 heavy (non-hydrogen) atoms. The summed E-state index contributed by atoms with van der Waals surface area (Å²) >= 11 is 12.3. The molecule has 1 aliphatic rings. The minimum Gasteiger partial charge on any atom is -0.456 e. The second-order valence-electron chi connectivity index (χ2n) is 7.12. The number of para-hydroxylation sites is 1. The maximum Gasteiger partial charge on any atom is 0.248 e. The Morgan fingerprint density at radius 2 is 1.57 bits per heavy atom. The van der Waals surface area contributed by atoms with Crippen molar-refractivity contribution in [2.45, 2.75) is 11.4 Å². The number of amides is 1. The van der Waals surface area contributed by atoms with Gasteiger partial charge in [0.15, 0.2) is 5.43 Å². The molecule has 4 aromatic rings. The van der Waals surface area contributed by atoms with Crippen molar-refractivity contribution in [3.05, 3.63) is 99.7 Å². The Morgan fingerprint density at radius 3 is 2.30 bits per heavy atom. The number of β-lactam (4-membered cyclic amide) rings is 1. The van der Waals surface area contributed by atoms with Crippen LogP contribution in [0, 0.1) is 0 Å². The second kappa shape index (κ2) is 7.31. The van der Waals surface area contributed by atoms with Crippen LogP contribution >= 0.6 is 23.2 Å². The summed E-state index contributed by atoms with van der Waals surface area (Å²) in [6.07, 6.45) is 0. The number of anilines is 1. The maximum atomic E-state index is 12.5. The molecule has 3 aromatic carbocycles. The van der Waals surface area contributed by atoms with Gasteiger partial charge in [-0.05, 0) is 54.1 Å². The quantitative estimate of drug-likeness (QED) is 0.301. The van der Waals surface area contributed by atoms with Crippen molar-refractivity contribution in [1.82, 2.24) is 0 Å². The van der Waals surface area contributed by atoms with E-state index in [-0.39, 0.29) is 17.4 Å². The summed E-state index contributed by atoms with van der Waals surface area (Å²) in [4.78, 5) is 26.5. The van der Waals surface area contributed by atoms with Crippen molar-refractivity contribution >= 4 is 45.8 Å². The van der Waals surface area contributed by atoms with E-state index in [1.807, 2.05) is 42.5 Å². The zero-order valence-corrected chi connectivity index (χ0v) is 17.1. The van der Waals surface area contributed by atoms with Crippen molar-refractivity contribution in [1.29, 1.82) is 0 Å². The molecular formula is C24H15Cl2NO3. The van der Waals surface area contributed by atoms with Crippen LogP contribution in [0.25, 0.3) is 22.3 Å². The molecule has 0 N–H and O–H groups in total. The highest BCUT2D eigenvalue weighted by Crippen LogP contribution is 2.42. The third-order valence-corrected chi connectivity index (χ3v) is 5.98. The minimum absolute atomic E-state index is 0.0957. The topological polar surface area (TPSA) is 50.5 Å². The lowest BCUT2D eigenvalue weighted by atomic mass is 9.92. The predicted octanol–water partition coefficient (Wildman–Crippen LogP) is 5.81. The highest BCUT2D eigenvalue weighted by molar-refractivity contribution is 6.37. The Morgan fingerprint density at radius 1 is 0.867 bits per heavy atom. The fourth-order valence-corrected chi connectivity index (χ4v) is 4.24. The van der Waals surface area contributed by atoms with E-state index in [0.29, 0.717) is 21.8 Å². The van der Waals surface area contributed by atoms with E-state index in [2.05, 4.69) is 0 Å². The first-order chi connectivity index (χ1) is 14.5. The molecule has 1 aliphatic heterocycles. The van der Waals surface area contributed by atoms with E-state index in [0.717, 1.165) is 16.8 Å². The van der Waals surface area contributed by atoms with Gasteiger partial charge in [0.05, 0.1) is 11.4 Å². The lowest BCUT2D eigenvalue weighted by Crippen LogP contribution is -2.56. The van der Waals surface area contributed by atoms with Crippen LogP contribution in [-0.2, 0) is 4.79 Å². The normalized spacial score (nSPS) is 18.5. The third kappa shape index (κ3) is 3.09. The van der Waals surface area contributed by atoms with Crippen LogP contribution in [0.5, 0.6) is 0 Å². The zero-order valence-electron chi connectivity index (χ0n) is 15.6. The van der Waals surface area contributed by atoms with E-state index in [1.165, 1.54) is 6.07 Å². The van der Waals surface area contributed by atoms with Gasteiger partial charge in [0.25, 0.3) is 0 Å². The van der Waals surface area contributed by atoms with Crippen LogP contribution in [-0.4, -0.2) is 11.3 Å². The molecule has 148 valence electrons. The number of hydrogen-bond acceptors (Lipinski definition) is 3. The van der Waals surface area contributed by atoms with Crippen LogP contribution in [0.2, 0.25) is 5.02 Å². The number of rotatable bonds is 3. The molecule has 2 heterocycles. The molecule has 1 saturated heterocycles. The second-order valence-corrected chi connectivity index (χ2v) is 8.03. The van der Waals surface area contributed by atoms with Crippen LogP contribution in [0.1, 0.15) is 11.6 Å². The fourth-order valence-electron chi connectivity index (χ4n) is 3.75. The molecular weight excluding hydrogens is 421 g/mol. The Labute approximate surface area is 182 Å². The number of benzene rings is 3. The first kappa shape index (κ1) is 18.9.